The number of hydrogen-bond acceptors (Lipinski definition) is 4. The first-order valence-electron chi connectivity index (χ1n) is 6.40. The van der Waals surface area contributed by atoms with Crippen molar-refractivity contribution < 1.29 is 19.4 Å². The third-order valence-electron chi connectivity index (χ3n) is 2.75. The van der Waals surface area contributed by atoms with Crippen LogP contribution in [-0.4, -0.2) is 22.7 Å². The Hall–Kier alpha value is -2.24. The van der Waals surface area contributed by atoms with Gasteiger partial charge < -0.3 is 15.2 Å². The van der Waals surface area contributed by atoms with Crippen molar-refractivity contribution in [1.82, 2.24) is 0 Å². The molecule has 1 aromatic carbocycles. The number of phenols is 1. The first-order chi connectivity index (χ1) is 9.24. The van der Waals surface area contributed by atoms with E-state index in [1.807, 2.05) is 0 Å². The number of amides is 2. The molecule has 3 N–H and O–H groups in total. The molecular formula is C14H18N2O4. The SMILES string of the molecule is CC(C)(C)OC(=O)Nc1cc2c(cc1O)NC(=O)CC2. The average molecular weight is 278 g/mol. The number of anilines is 2. The largest absolute Gasteiger partial charge is 0.506 e. The lowest BCUT2D eigenvalue weighted by Crippen LogP contribution is -2.27. The second kappa shape index (κ2) is 5.03. The number of aromatic hydroxyl groups is 1. The predicted octanol–water partition coefficient (Wildman–Crippen LogP) is 2.62. The van der Waals surface area contributed by atoms with Crippen molar-refractivity contribution in [3.05, 3.63) is 17.7 Å². The fraction of sp³-hybridized carbons (Fsp3) is 0.429. The Balaban J connectivity index is 2.17. The lowest BCUT2D eigenvalue weighted by atomic mass is 10.0. The molecule has 2 amide bonds. The van der Waals surface area contributed by atoms with Gasteiger partial charge in [-0.05, 0) is 38.8 Å². The molecular weight excluding hydrogens is 260 g/mol. The molecule has 0 aromatic heterocycles. The zero-order valence-electron chi connectivity index (χ0n) is 11.7. The summed E-state index contributed by atoms with van der Waals surface area (Å²) in [7, 11) is 0. The summed E-state index contributed by atoms with van der Waals surface area (Å²) in [4.78, 5) is 23.0. The number of hydrogen-bond donors (Lipinski definition) is 3. The van der Waals surface area contributed by atoms with E-state index in [1.165, 1.54) is 6.07 Å². The van der Waals surface area contributed by atoms with Crippen LogP contribution in [0.3, 0.4) is 0 Å². The van der Waals surface area contributed by atoms with Gasteiger partial charge in [0.2, 0.25) is 5.91 Å². The number of carbonyl (C=O) groups is 2. The normalized spacial score (nSPS) is 14.2. The fourth-order valence-corrected chi connectivity index (χ4v) is 1.93. The minimum absolute atomic E-state index is 0.0789. The lowest BCUT2D eigenvalue weighted by molar-refractivity contribution is -0.116. The quantitative estimate of drug-likeness (QED) is 0.689. The van der Waals surface area contributed by atoms with Crippen LogP contribution in [0.15, 0.2) is 12.1 Å². The van der Waals surface area contributed by atoms with Crippen LogP contribution in [-0.2, 0) is 16.0 Å². The molecule has 0 saturated carbocycles. The Morgan fingerprint density at radius 3 is 2.70 bits per heavy atom. The van der Waals surface area contributed by atoms with Crippen LogP contribution < -0.4 is 10.6 Å². The van der Waals surface area contributed by atoms with Gasteiger partial charge in [0.15, 0.2) is 0 Å². The van der Waals surface area contributed by atoms with Crippen molar-refractivity contribution in [2.45, 2.75) is 39.2 Å². The smallest absolute Gasteiger partial charge is 0.412 e. The number of aryl methyl sites for hydroxylation is 1. The van der Waals surface area contributed by atoms with E-state index in [2.05, 4.69) is 10.6 Å². The van der Waals surface area contributed by atoms with Crippen LogP contribution in [0.25, 0.3) is 0 Å². The van der Waals surface area contributed by atoms with Gasteiger partial charge in [0.05, 0.1) is 5.69 Å². The summed E-state index contributed by atoms with van der Waals surface area (Å²) in [5.41, 5.74) is 1.11. The van der Waals surface area contributed by atoms with Crippen LogP contribution in [0.2, 0.25) is 0 Å². The number of benzene rings is 1. The molecule has 1 aliphatic heterocycles. The van der Waals surface area contributed by atoms with Crippen molar-refractivity contribution in [1.29, 1.82) is 0 Å². The van der Waals surface area contributed by atoms with Gasteiger partial charge in [0, 0.05) is 18.2 Å². The first kappa shape index (κ1) is 14.2. The minimum atomic E-state index is -0.632. The Morgan fingerprint density at radius 1 is 1.35 bits per heavy atom. The molecule has 20 heavy (non-hydrogen) atoms. The first-order valence-corrected chi connectivity index (χ1v) is 6.40. The molecule has 0 aliphatic carbocycles. The predicted molar refractivity (Wildman–Crippen MR) is 74.9 cm³/mol. The third-order valence-corrected chi connectivity index (χ3v) is 2.75. The van der Waals surface area contributed by atoms with E-state index >= 15 is 0 Å². The van der Waals surface area contributed by atoms with Crippen molar-refractivity contribution in [2.75, 3.05) is 10.6 Å². The van der Waals surface area contributed by atoms with Gasteiger partial charge in [-0.25, -0.2) is 4.79 Å². The summed E-state index contributed by atoms with van der Waals surface area (Å²) < 4.78 is 5.13. The fourth-order valence-electron chi connectivity index (χ4n) is 1.93. The van der Waals surface area contributed by atoms with Gasteiger partial charge in [0.1, 0.15) is 11.4 Å². The van der Waals surface area contributed by atoms with E-state index < -0.39 is 11.7 Å². The maximum absolute atomic E-state index is 11.7. The van der Waals surface area contributed by atoms with Gasteiger partial charge in [-0.3, -0.25) is 10.1 Å². The summed E-state index contributed by atoms with van der Waals surface area (Å²) >= 11 is 0. The molecule has 0 fully saturated rings. The molecule has 2 rings (SSSR count). The molecule has 0 radical (unpaired) electrons. The number of carbonyl (C=O) groups excluding carboxylic acids is 2. The van der Waals surface area contributed by atoms with E-state index in [0.717, 1.165) is 5.56 Å². The van der Waals surface area contributed by atoms with Crippen LogP contribution in [0, 0.1) is 0 Å². The number of ether oxygens (including phenoxy) is 1. The van der Waals surface area contributed by atoms with Crippen LogP contribution >= 0.6 is 0 Å². The van der Waals surface area contributed by atoms with E-state index in [1.54, 1.807) is 26.8 Å². The number of phenolic OH excluding ortho intramolecular Hbond substituents is 1. The monoisotopic (exact) mass is 278 g/mol. The highest BCUT2D eigenvalue weighted by Crippen LogP contribution is 2.33. The molecule has 0 atom stereocenters. The Bertz CT molecular complexity index is 561. The lowest BCUT2D eigenvalue weighted by Gasteiger charge is -2.21. The maximum Gasteiger partial charge on any atom is 0.412 e. The van der Waals surface area contributed by atoms with E-state index in [-0.39, 0.29) is 17.3 Å². The topological polar surface area (TPSA) is 87.7 Å². The molecule has 0 bridgehead atoms. The van der Waals surface area contributed by atoms with Crippen LogP contribution in [0.1, 0.15) is 32.8 Å². The summed E-state index contributed by atoms with van der Waals surface area (Å²) in [6.45, 7) is 5.28. The second-order valence-electron chi connectivity index (χ2n) is 5.70. The second-order valence-corrected chi connectivity index (χ2v) is 5.70. The van der Waals surface area contributed by atoms with E-state index in [4.69, 9.17) is 4.74 Å². The van der Waals surface area contributed by atoms with Gasteiger partial charge >= 0.3 is 6.09 Å². The summed E-state index contributed by atoms with van der Waals surface area (Å²) in [6, 6.07) is 3.08. The van der Waals surface area contributed by atoms with Gasteiger partial charge in [-0.1, -0.05) is 0 Å². The van der Waals surface area contributed by atoms with E-state index in [0.29, 0.717) is 18.5 Å². The average Bonchev–Trinajstić information content (AvgIpc) is 2.28. The van der Waals surface area contributed by atoms with Crippen LogP contribution in [0.5, 0.6) is 5.75 Å². The molecule has 0 saturated heterocycles. The Kier molecular flexibility index (Phi) is 3.57. The third kappa shape index (κ3) is 3.40. The highest BCUT2D eigenvalue weighted by atomic mass is 16.6. The zero-order chi connectivity index (χ0) is 14.9. The Labute approximate surface area is 117 Å². The molecule has 1 aromatic rings. The molecule has 0 unspecified atom stereocenters. The molecule has 1 heterocycles. The zero-order valence-corrected chi connectivity index (χ0v) is 11.7. The molecule has 1 aliphatic rings. The number of fused-ring (bicyclic) bond motifs is 1. The summed E-state index contributed by atoms with van der Waals surface area (Å²) in [5, 5.41) is 15.1. The van der Waals surface area contributed by atoms with Crippen molar-refractivity contribution in [3.63, 3.8) is 0 Å². The maximum atomic E-state index is 11.7. The standard InChI is InChI=1S/C14H18N2O4/c1-14(2,3)20-13(19)16-10-6-8-4-5-12(18)15-9(8)7-11(10)17/h6-7,17H,4-5H2,1-3H3,(H,15,18)(H,16,19). The summed E-state index contributed by atoms with van der Waals surface area (Å²) in [6.07, 6.45) is 0.335. The van der Waals surface area contributed by atoms with Gasteiger partial charge in [0.25, 0.3) is 0 Å². The molecule has 6 nitrogen and oxygen atoms in total. The van der Waals surface area contributed by atoms with Gasteiger partial charge in [-0.2, -0.15) is 0 Å². The highest BCUT2D eigenvalue weighted by Gasteiger charge is 2.20. The Morgan fingerprint density at radius 2 is 2.05 bits per heavy atom. The summed E-state index contributed by atoms with van der Waals surface area (Å²) in [5.74, 6) is -0.193. The van der Waals surface area contributed by atoms with Crippen LogP contribution in [0.4, 0.5) is 16.2 Å². The van der Waals surface area contributed by atoms with Crippen molar-refractivity contribution in [2.24, 2.45) is 0 Å². The number of nitrogens with one attached hydrogen (secondary N) is 2. The van der Waals surface area contributed by atoms with Crippen molar-refractivity contribution >= 4 is 23.4 Å². The molecule has 0 spiro atoms. The highest BCUT2D eigenvalue weighted by molar-refractivity contribution is 5.96. The molecule has 108 valence electrons. The number of rotatable bonds is 1. The molecule has 6 heteroatoms. The van der Waals surface area contributed by atoms with Gasteiger partial charge in [-0.15, -0.1) is 0 Å². The minimum Gasteiger partial charge on any atom is -0.506 e. The van der Waals surface area contributed by atoms with E-state index in [9.17, 15) is 14.7 Å². The van der Waals surface area contributed by atoms with Crippen molar-refractivity contribution in [3.8, 4) is 5.75 Å².